The Morgan fingerprint density at radius 1 is 1.36 bits per heavy atom. The molecule has 4 heteroatoms. The van der Waals surface area contributed by atoms with Crippen LogP contribution in [0.2, 0.25) is 0 Å². The molecular formula is C10H21N3S. The maximum atomic E-state index is 3.91. The minimum absolute atomic E-state index is 0.514. The van der Waals surface area contributed by atoms with E-state index in [0.717, 1.165) is 0 Å². The summed E-state index contributed by atoms with van der Waals surface area (Å²) in [5.41, 5.74) is 4.96. The van der Waals surface area contributed by atoms with Crippen LogP contribution in [-0.2, 0) is 0 Å². The zero-order valence-electron chi connectivity index (χ0n) is 9.42. The van der Waals surface area contributed by atoms with Crippen LogP contribution in [0.3, 0.4) is 0 Å². The topological polar surface area (TPSA) is 18.5 Å². The molecule has 1 fully saturated rings. The lowest BCUT2D eigenvalue weighted by Gasteiger charge is -2.46. The van der Waals surface area contributed by atoms with Crippen LogP contribution < -0.4 is 5.53 Å². The molecule has 0 aliphatic carbocycles. The average Bonchev–Trinajstić information content (AvgIpc) is 2.10. The van der Waals surface area contributed by atoms with E-state index in [4.69, 9.17) is 0 Å². The normalized spacial score (nSPS) is 19.6. The van der Waals surface area contributed by atoms with Crippen molar-refractivity contribution in [2.75, 3.05) is 19.8 Å². The van der Waals surface area contributed by atoms with Gasteiger partial charge in [0.15, 0.2) is 0 Å². The van der Waals surface area contributed by atoms with Gasteiger partial charge in [0.1, 0.15) is 5.50 Å². The van der Waals surface area contributed by atoms with Crippen LogP contribution in [0.4, 0.5) is 0 Å². The molecule has 1 rings (SSSR count). The second-order valence-electron chi connectivity index (χ2n) is 3.93. The van der Waals surface area contributed by atoms with Crippen molar-refractivity contribution in [2.45, 2.75) is 31.7 Å². The Bertz CT molecular complexity index is 188. The summed E-state index contributed by atoms with van der Waals surface area (Å²) in [7, 11) is 4.15. The van der Waals surface area contributed by atoms with E-state index in [1.807, 2.05) is 11.8 Å². The van der Waals surface area contributed by atoms with Gasteiger partial charge in [-0.25, -0.2) is 10.0 Å². The Morgan fingerprint density at radius 3 is 2.50 bits per heavy atom. The highest BCUT2D eigenvalue weighted by Gasteiger charge is 2.29. The van der Waals surface area contributed by atoms with Gasteiger partial charge in [-0.05, 0) is 31.9 Å². The lowest BCUT2D eigenvalue weighted by atomic mass is 10.2. The number of allylic oxidation sites excluding steroid dienone is 1. The first-order valence-corrected chi connectivity index (χ1v) is 6.14. The number of unbranched alkanes of at least 4 members (excludes halogenated alkanes) is 1. The van der Waals surface area contributed by atoms with Crippen molar-refractivity contribution in [3.63, 3.8) is 0 Å². The fraction of sp³-hybridized carbons (Fsp3) is 0.800. The van der Waals surface area contributed by atoms with Gasteiger partial charge in [0.05, 0.1) is 0 Å². The van der Waals surface area contributed by atoms with Crippen LogP contribution in [0.1, 0.15) is 26.2 Å². The molecule has 0 aromatic heterocycles. The molecule has 1 aliphatic rings. The van der Waals surface area contributed by atoms with Gasteiger partial charge in [-0.1, -0.05) is 5.57 Å². The number of hydrazine groups is 2. The number of hydrogen-bond donors (Lipinski definition) is 1. The molecule has 1 aliphatic heterocycles. The molecule has 0 aromatic carbocycles. The number of rotatable bonds is 6. The minimum atomic E-state index is 0.514. The summed E-state index contributed by atoms with van der Waals surface area (Å²) in [5.74, 6) is 1.23. The third-order valence-corrected chi connectivity index (χ3v) is 3.70. The summed E-state index contributed by atoms with van der Waals surface area (Å²) in [6, 6.07) is 0. The number of thioether (sulfide) groups is 1. The van der Waals surface area contributed by atoms with E-state index in [1.165, 1.54) is 30.6 Å². The highest BCUT2D eigenvalue weighted by atomic mass is 32.2. The average molecular weight is 215 g/mol. The van der Waals surface area contributed by atoms with Crippen LogP contribution in [0, 0.1) is 0 Å². The third kappa shape index (κ3) is 3.61. The summed E-state index contributed by atoms with van der Waals surface area (Å²) in [4.78, 5) is 0. The minimum Gasteiger partial charge on any atom is -0.205 e. The van der Waals surface area contributed by atoms with E-state index in [-0.39, 0.29) is 0 Å². The molecule has 0 radical (unpaired) electrons. The van der Waals surface area contributed by atoms with E-state index >= 15 is 0 Å². The highest BCUT2D eigenvalue weighted by molar-refractivity contribution is 7.99. The lowest BCUT2D eigenvalue weighted by molar-refractivity contribution is -0.118. The standard InChI is InChI=1S/C10H21N3S/c1-9(2)7-5-6-8-14-10-12(3)11-13(10)4/h10-11H,1,5-8H2,2-4H3. The molecule has 3 nitrogen and oxygen atoms in total. The van der Waals surface area contributed by atoms with Crippen LogP contribution in [-0.4, -0.2) is 35.4 Å². The molecular weight excluding hydrogens is 194 g/mol. The van der Waals surface area contributed by atoms with Crippen LogP contribution in [0.5, 0.6) is 0 Å². The molecule has 82 valence electrons. The van der Waals surface area contributed by atoms with Crippen molar-refractivity contribution in [3.05, 3.63) is 12.2 Å². The lowest BCUT2D eigenvalue weighted by Crippen LogP contribution is -2.68. The Balaban J connectivity index is 1.96. The van der Waals surface area contributed by atoms with Crippen molar-refractivity contribution in [1.82, 2.24) is 15.6 Å². The van der Waals surface area contributed by atoms with Gasteiger partial charge in [-0.15, -0.1) is 18.3 Å². The summed E-state index contributed by atoms with van der Waals surface area (Å²) in [6.45, 7) is 6.01. The number of hydrogen-bond acceptors (Lipinski definition) is 4. The van der Waals surface area contributed by atoms with Gasteiger partial charge in [-0.2, -0.15) is 5.53 Å². The van der Waals surface area contributed by atoms with E-state index in [9.17, 15) is 0 Å². The fourth-order valence-corrected chi connectivity index (χ4v) is 2.62. The zero-order chi connectivity index (χ0) is 10.6. The number of nitrogens with zero attached hydrogens (tertiary/aromatic N) is 2. The van der Waals surface area contributed by atoms with Gasteiger partial charge in [0.25, 0.3) is 0 Å². The monoisotopic (exact) mass is 215 g/mol. The molecule has 1 saturated heterocycles. The molecule has 0 saturated carbocycles. The maximum absolute atomic E-state index is 3.91. The van der Waals surface area contributed by atoms with Gasteiger partial charge in [0, 0.05) is 14.1 Å². The van der Waals surface area contributed by atoms with Crippen molar-refractivity contribution < 1.29 is 0 Å². The van der Waals surface area contributed by atoms with Crippen LogP contribution in [0.15, 0.2) is 12.2 Å². The Morgan fingerprint density at radius 2 is 2.00 bits per heavy atom. The van der Waals surface area contributed by atoms with E-state index in [1.54, 1.807) is 0 Å². The molecule has 1 N–H and O–H groups in total. The van der Waals surface area contributed by atoms with E-state index < -0.39 is 0 Å². The van der Waals surface area contributed by atoms with Crippen molar-refractivity contribution in [3.8, 4) is 0 Å². The number of nitrogens with one attached hydrogen (secondary N) is 1. The Hall–Kier alpha value is -0.0300. The summed E-state index contributed by atoms with van der Waals surface area (Å²) in [5, 5.41) is 4.26. The first-order valence-electron chi connectivity index (χ1n) is 5.09. The molecule has 0 atom stereocenters. The molecule has 0 unspecified atom stereocenters. The largest absolute Gasteiger partial charge is 0.205 e. The second kappa shape index (κ2) is 5.75. The van der Waals surface area contributed by atoms with E-state index in [0.29, 0.717) is 5.50 Å². The fourth-order valence-electron chi connectivity index (χ4n) is 1.49. The first-order chi connectivity index (χ1) is 6.61. The second-order valence-corrected chi connectivity index (χ2v) is 5.10. The molecule has 0 amide bonds. The predicted octanol–water partition coefficient (Wildman–Crippen LogP) is 2.05. The SMILES string of the molecule is C=C(C)CCCCSC1N(C)NN1C. The van der Waals surface area contributed by atoms with Gasteiger partial charge < -0.3 is 0 Å². The summed E-state index contributed by atoms with van der Waals surface area (Å²) < 4.78 is 0. The van der Waals surface area contributed by atoms with E-state index in [2.05, 4.69) is 43.2 Å². The Kier molecular flexibility index (Phi) is 4.95. The van der Waals surface area contributed by atoms with Crippen molar-refractivity contribution in [1.29, 1.82) is 0 Å². The molecule has 0 aromatic rings. The van der Waals surface area contributed by atoms with Crippen LogP contribution >= 0.6 is 11.8 Å². The maximum Gasteiger partial charge on any atom is 0.137 e. The molecule has 0 bridgehead atoms. The van der Waals surface area contributed by atoms with Crippen LogP contribution in [0.25, 0.3) is 0 Å². The Labute approximate surface area is 91.5 Å². The third-order valence-electron chi connectivity index (χ3n) is 2.24. The predicted molar refractivity (Wildman–Crippen MR) is 63.6 cm³/mol. The van der Waals surface area contributed by atoms with Crippen molar-refractivity contribution in [2.24, 2.45) is 0 Å². The molecule has 14 heavy (non-hydrogen) atoms. The summed E-state index contributed by atoms with van der Waals surface area (Å²) >= 11 is 1.99. The summed E-state index contributed by atoms with van der Waals surface area (Å²) in [6.07, 6.45) is 3.74. The van der Waals surface area contributed by atoms with Crippen molar-refractivity contribution >= 4 is 11.8 Å². The smallest absolute Gasteiger partial charge is 0.137 e. The molecule has 1 heterocycles. The first kappa shape index (κ1) is 12.0. The van der Waals surface area contributed by atoms with Gasteiger partial charge in [-0.3, -0.25) is 0 Å². The van der Waals surface area contributed by atoms with Gasteiger partial charge in [0.2, 0.25) is 0 Å². The van der Waals surface area contributed by atoms with Gasteiger partial charge >= 0.3 is 0 Å². The quantitative estimate of drug-likeness (QED) is 0.539. The zero-order valence-corrected chi connectivity index (χ0v) is 10.2. The molecule has 0 spiro atoms. The highest BCUT2D eigenvalue weighted by Crippen LogP contribution is 2.22.